The molecule has 2 nitrogen and oxygen atoms in total. The Morgan fingerprint density at radius 1 is 1.57 bits per heavy atom. The lowest BCUT2D eigenvalue weighted by atomic mass is 10.1. The largest absolute Gasteiger partial charge is 0.490 e. The predicted octanol–water partition coefficient (Wildman–Crippen LogP) is 1.98. The Kier molecular flexibility index (Phi) is 2.55. The summed E-state index contributed by atoms with van der Waals surface area (Å²) in [6.07, 6.45) is 5.34. The van der Waals surface area contributed by atoms with Gasteiger partial charge in [-0.1, -0.05) is 18.2 Å². The Morgan fingerprint density at radius 2 is 2.43 bits per heavy atom. The van der Waals surface area contributed by atoms with Crippen molar-refractivity contribution < 1.29 is 4.74 Å². The molecule has 2 heteroatoms. The normalized spacial score (nSPS) is 19.7. The van der Waals surface area contributed by atoms with Gasteiger partial charge in [0, 0.05) is 13.0 Å². The molecule has 1 unspecified atom stereocenters. The van der Waals surface area contributed by atoms with Crippen molar-refractivity contribution in [3.05, 3.63) is 35.4 Å². The van der Waals surface area contributed by atoms with Gasteiger partial charge in [-0.25, -0.2) is 0 Å². The van der Waals surface area contributed by atoms with Gasteiger partial charge in [0.25, 0.3) is 0 Å². The number of hydrogen-bond acceptors (Lipinski definition) is 2. The lowest BCUT2D eigenvalue weighted by Crippen LogP contribution is -2.05. The summed E-state index contributed by atoms with van der Waals surface area (Å²) in [5.74, 6) is 1.03. The van der Waals surface area contributed by atoms with Gasteiger partial charge in [0.15, 0.2) is 0 Å². The van der Waals surface area contributed by atoms with Crippen LogP contribution < -0.4 is 10.5 Å². The van der Waals surface area contributed by atoms with Crippen LogP contribution in [0.25, 0.3) is 6.08 Å². The van der Waals surface area contributed by atoms with E-state index in [1.807, 2.05) is 18.2 Å². The van der Waals surface area contributed by atoms with E-state index in [4.69, 9.17) is 10.5 Å². The van der Waals surface area contributed by atoms with Crippen LogP contribution in [-0.2, 0) is 6.42 Å². The molecule has 0 radical (unpaired) electrons. The van der Waals surface area contributed by atoms with E-state index in [0.717, 1.165) is 12.2 Å². The summed E-state index contributed by atoms with van der Waals surface area (Å²) in [6.45, 7) is 2.68. The summed E-state index contributed by atoms with van der Waals surface area (Å²) in [4.78, 5) is 0. The highest BCUT2D eigenvalue weighted by Gasteiger charge is 2.18. The number of nitrogens with two attached hydrogens (primary N) is 1. The molecular formula is C12H15NO. The van der Waals surface area contributed by atoms with Gasteiger partial charge in [-0.15, -0.1) is 0 Å². The summed E-state index contributed by atoms with van der Waals surface area (Å²) in [6, 6.07) is 6.27. The van der Waals surface area contributed by atoms with E-state index < -0.39 is 0 Å². The summed E-state index contributed by atoms with van der Waals surface area (Å²) in [7, 11) is 0. The predicted molar refractivity (Wildman–Crippen MR) is 58.3 cm³/mol. The van der Waals surface area contributed by atoms with Crippen molar-refractivity contribution in [1.29, 1.82) is 0 Å². The first-order valence-corrected chi connectivity index (χ1v) is 4.96. The lowest BCUT2D eigenvalue weighted by Gasteiger charge is -2.01. The smallest absolute Gasteiger partial charge is 0.123 e. The van der Waals surface area contributed by atoms with Crippen molar-refractivity contribution in [1.82, 2.24) is 0 Å². The molecule has 0 amide bonds. The van der Waals surface area contributed by atoms with Gasteiger partial charge in [-0.05, 0) is 30.2 Å². The molecule has 74 valence electrons. The van der Waals surface area contributed by atoms with Crippen LogP contribution in [0.1, 0.15) is 18.1 Å². The van der Waals surface area contributed by atoms with E-state index in [0.29, 0.717) is 12.6 Å². The molecule has 1 aromatic rings. The van der Waals surface area contributed by atoms with Gasteiger partial charge >= 0.3 is 0 Å². The molecular weight excluding hydrogens is 174 g/mol. The highest BCUT2D eigenvalue weighted by atomic mass is 16.5. The van der Waals surface area contributed by atoms with Crippen LogP contribution in [0.3, 0.4) is 0 Å². The minimum Gasteiger partial charge on any atom is -0.490 e. The Morgan fingerprint density at radius 3 is 3.21 bits per heavy atom. The third-order valence-electron chi connectivity index (χ3n) is 2.37. The number of rotatable bonds is 2. The molecule has 0 saturated heterocycles. The monoisotopic (exact) mass is 189 g/mol. The quantitative estimate of drug-likeness (QED) is 0.772. The fourth-order valence-corrected chi connectivity index (χ4v) is 1.75. The molecule has 0 bridgehead atoms. The number of benzene rings is 1. The average Bonchev–Trinajstić information content (AvgIpc) is 2.54. The molecule has 2 N–H and O–H groups in total. The van der Waals surface area contributed by atoms with Gasteiger partial charge in [0.2, 0.25) is 0 Å². The molecule has 0 fully saturated rings. The van der Waals surface area contributed by atoms with Gasteiger partial charge in [-0.3, -0.25) is 0 Å². The zero-order chi connectivity index (χ0) is 9.97. The van der Waals surface area contributed by atoms with Crippen LogP contribution in [0.5, 0.6) is 5.75 Å². The van der Waals surface area contributed by atoms with Crippen molar-refractivity contribution in [2.24, 2.45) is 5.73 Å². The maximum atomic E-state index is 5.62. The van der Waals surface area contributed by atoms with E-state index in [1.54, 1.807) is 0 Å². The molecule has 0 aliphatic carbocycles. The topological polar surface area (TPSA) is 35.2 Å². The standard InChI is InChI=1S/C12H15NO/c1-9-7-11-8-10(3-2-6-13)4-5-12(11)14-9/h2-5,8-9H,6-7,13H2,1H3/b3-2+. The minimum atomic E-state index is 0.318. The fraction of sp³-hybridized carbons (Fsp3) is 0.333. The molecule has 1 aliphatic heterocycles. The molecule has 1 heterocycles. The molecule has 14 heavy (non-hydrogen) atoms. The first-order valence-electron chi connectivity index (χ1n) is 4.96. The van der Waals surface area contributed by atoms with Crippen LogP contribution in [0.4, 0.5) is 0 Å². The highest BCUT2D eigenvalue weighted by Crippen LogP contribution is 2.29. The fourth-order valence-electron chi connectivity index (χ4n) is 1.75. The lowest BCUT2D eigenvalue weighted by molar-refractivity contribution is 0.254. The van der Waals surface area contributed by atoms with Crippen molar-refractivity contribution in [2.45, 2.75) is 19.4 Å². The molecule has 1 aromatic carbocycles. The molecule has 2 rings (SSSR count). The molecule has 1 aliphatic rings. The summed E-state index contributed by atoms with van der Waals surface area (Å²) < 4.78 is 5.62. The zero-order valence-electron chi connectivity index (χ0n) is 8.36. The van der Waals surface area contributed by atoms with Crippen LogP contribution in [-0.4, -0.2) is 12.6 Å². The Hall–Kier alpha value is -1.28. The Balaban J connectivity index is 2.24. The average molecular weight is 189 g/mol. The van der Waals surface area contributed by atoms with Gasteiger partial charge in [0.1, 0.15) is 11.9 Å². The summed E-state index contributed by atoms with van der Waals surface area (Å²) in [5, 5.41) is 0. The summed E-state index contributed by atoms with van der Waals surface area (Å²) in [5.41, 5.74) is 7.90. The van der Waals surface area contributed by atoms with Crippen LogP contribution in [0, 0.1) is 0 Å². The van der Waals surface area contributed by atoms with Crippen molar-refractivity contribution in [3.8, 4) is 5.75 Å². The molecule has 0 spiro atoms. The molecule has 1 atom stereocenters. The van der Waals surface area contributed by atoms with Crippen molar-refractivity contribution in [2.75, 3.05) is 6.54 Å². The second kappa shape index (κ2) is 3.84. The third kappa shape index (κ3) is 1.80. The van der Waals surface area contributed by atoms with Crippen molar-refractivity contribution in [3.63, 3.8) is 0 Å². The molecule has 0 aromatic heterocycles. The van der Waals surface area contributed by atoms with Gasteiger partial charge in [0.05, 0.1) is 0 Å². The van der Waals surface area contributed by atoms with Crippen LogP contribution in [0.15, 0.2) is 24.3 Å². The van der Waals surface area contributed by atoms with E-state index in [2.05, 4.69) is 19.1 Å². The van der Waals surface area contributed by atoms with Crippen LogP contribution >= 0.6 is 0 Å². The van der Waals surface area contributed by atoms with E-state index in [-0.39, 0.29) is 0 Å². The second-order valence-electron chi connectivity index (χ2n) is 3.64. The maximum absolute atomic E-state index is 5.62. The van der Waals surface area contributed by atoms with Crippen molar-refractivity contribution >= 4 is 6.08 Å². The Bertz CT molecular complexity index is 357. The first-order chi connectivity index (χ1) is 6.79. The number of ether oxygens (including phenoxy) is 1. The first kappa shape index (κ1) is 9.28. The van der Waals surface area contributed by atoms with E-state index in [9.17, 15) is 0 Å². The number of fused-ring (bicyclic) bond motifs is 1. The number of hydrogen-bond donors (Lipinski definition) is 1. The highest BCUT2D eigenvalue weighted by molar-refractivity contribution is 5.54. The zero-order valence-corrected chi connectivity index (χ0v) is 8.36. The van der Waals surface area contributed by atoms with Crippen LogP contribution in [0.2, 0.25) is 0 Å². The van der Waals surface area contributed by atoms with Gasteiger partial charge in [-0.2, -0.15) is 0 Å². The second-order valence-corrected chi connectivity index (χ2v) is 3.64. The third-order valence-corrected chi connectivity index (χ3v) is 2.37. The van der Waals surface area contributed by atoms with E-state index in [1.165, 1.54) is 11.1 Å². The summed E-state index contributed by atoms with van der Waals surface area (Å²) >= 11 is 0. The van der Waals surface area contributed by atoms with E-state index >= 15 is 0 Å². The maximum Gasteiger partial charge on any atom is 0.123 e. The SMILES string of the molecule is CC1Cc2cc(/C=C/CN)ccc2O1. The minimum absolute atomic E-state index is 0.318. The Labute approximate surface area is 84.4 Å². The molecule has 0 saturated carbocycles. The van der Waals surface area contributed by atoms with Gasteiger partial charge < -0.3 is 10.5 Å².